The third-order valence-electron chi connectivity index (χ3n) is 7.60. The molecule has 2 aromatic heterocycles. The summed E-state index contributed by atoms with van der Waals surface area (Å²) < 4.78 is 24.4. The molecule has 0 spiro atoms. The number of halogens is 3. The van der Waals surface area contributed by atoms with Crippen LogP contribution in [-0.2, 0) is 24.1 Å². The van der Waals surface area contributed by atoms with Gasteiger partial charge in [0.25, 0.3) is 5.91 Å². The molecule has 1 N–H and O–H groups in total. The molecule has 210 valence electrons. The first-order chi connectivity index (χ1) is 19.7. The Balaban J connectivity index is 1.55. The van der Waals surface area contributed by atoms with Gasteiger partial charge in [0.15, 0.2) is 11.5 Å². The predicted octanol–water partition coefficient (Wildman–Crippen LogP) is 4.53. The minimum absolute atomic E-state index is 0.00813. The largest absolute Gasteiger partial charge is 0.396 e. The summed E-state index contributed by atoms with van der Waals surface area (Å²) in [4.78, 5) is 37.3. The van der Waals surface area contributed by atoms with E-state index < -0.39 is 28.6 Å². The number of amides is 1. The zero-order valence-electron chi connectivity index (χ0n) is 21.9. The van der Waals surface area contributed by atoms with Crippen molar-refractivity contribution in [2.24, 2.45) is 12.5 Å². The number of aromatic nitrogens is 4. The van der Waals surface area contributed by atoms with Crippen molar-refractivity contribution in [3.63, 3.8) is 0 Å². The molecule has 9 nitrogen and oxygen atoms in total. The fourth-order valence-corrected chi connectivity index (χ4v) is 5.34. The van der Waals surface area contributed by atoms with E-state index in [-0.39, 0.29) is 47.8 Å². The van der Waals surface area contributed by atoms with Gasteiger partial charge in [0.1, 0.15) is 11.6 Å². The van der Waals surface area contributed by atoms with Crippen molar-refractivity contribution in [3.8, 4) is 0 Å². The summed E-state index contributed by atoms with van der Waals surface area (Å²) in [5.74, 6) is -1.62. The van der Waals surface area contributed by atoms with Crippen LogP contribution in [0.2, 0.25) is 10.0 Å². The van der Waals surface area contributed by atoms with Crippen molar-refractivity contribution in [2.75, 3.05) is 13.2 Å². The Morgan fingerprint density at radius 2 is 1.78 bits per heavy atom. The van der Waals surface area contributed by atoms with Crippen molar-refractivity contribution in [2.45, 2.75) is 25.1 Å². The van der Waals surface area contributed by atoms with Crippen LogP contribution in [0, 0.1) is 11.2 Å². The Morgan fingerprint density at radius 3 is 2.39 bits per heavy atom. The Hall–Kier alpha value is -3.70. The highest BCUT2D eigenvalue weighted by Crippen LogP contribution is 2.52. The first-order valence-electron chi connectivity index (χ1n) is 12.8. The number of carbonyl (C=O) groups is 2. The van der Waals surface area contributed by atoms with Crippen LogP contribution < -0.4 is 0 Å². The second-order valence-corrected chi connectivity index (χ2v) is 11.3. The van der Waals surface area contributed by atoms with Crippen LogP contribution in [0.5, 0.6) is 0 Å². The summed E-state index contributed by atoms with van der Waals surface area (Å²) >= 11 is 12.2. The van der Waals surface area contributed by atoms with E-state index in [1.165, 1.54) is 40.4 Å². The van der Waals surface area contributed by atoms with Crippen LogP contribution in [0.4, 0.5) is 4.39 Å². The summed E-state index contributed by atoms with van der Waals surface area (Å²) in [6, 6.07) is 9.06. The average molecular weight is 596 g/mol. The standard InChI is InChI=1S/C29H24Cl2FN5O4/c1-36-13-18(10-35-36)26(39)17-8-22-25(23(32)9-17)29(19-2-4-20(30)5-3-19,41-16-28(15-38)6-7-28)37(27(22)40)14-24-33-11-21(31)12-34-24/h2-5,8-13,38H,6-7,14-16H2,1H3. The predicted molar refractivity (Wildman–Crippen MR) is 147 cm³/mol. The molecule has 0 saturated heterocycles. The first-order valence-corrected chi connectivity index (χ1v) is 13.6. The molecular formula is C29H24Cl2FN5O4. The van der Waals surface area contributed by atoms with Crippen LogP contribution in [0.1, 0.15) is 56.1 Å². The normalized spacial score (nSPS) is 19.0. The zero-order valence-corrected chi connectivity index (χ0v) is 23.4. The molecule has 2 aromatic carbocycles. The maximum Gasteiger partial charge on any atom is 0.257 e. The molecule has 3 heterocycles. The molecule has 0 radical (unpaired) electrons. The topological polar surface area (TPSA) is 110 Å². The van der Waals surface area contributed by atoms with Crippen molar-refractivity contribution < 1.29 is 23.8 Å². The number of fused-ring (bicyclic) bond motifs is 1. The molecule has 1 fully saturated rings. The van der Waals surface area contributed by atoms with E-state index in [2.05, 4.69) is 15.1 Å². The SMILES string of the molecule is Cn1cc(C(=O)c2cc(F)c3c(c2)C(=O)N(Cc2ncc(Cl)cn2)C3(OCC2(CO)CC2)c2ccc(Cl)cc2)cn1. The molecule has 12 heteroatoms. The second-order valence-electron chi connectivity index (χ2n) is 10.4. The highest BCUT2D eigenvalue weighted by Gasteiger charge is 2.56. The monoisotopic (exact) mass is 595 g/mol. The van der Waals surface area contributed by atoms with Crippen LogP contribution >= 0.6 is 23.2 Å². The van der Waals surface area contributed by atoms with Gasteiger partial charge in [-0.3, -0.25) is 19.2 Å². The third kappa shape index (κ3) is 4.80. The number of carbonyl (C=O) groups excluding carboxylic acids is 2. The smallest absolute Gasteiger partial charge is 0.257 e. The lowest BCUT2D eigenvalue weighted by atomic mass is 9.90. The number of aliphatic hydroxyl groups excluding tert-OH is 1. The van der Waals surface area contributed by atoms with E-state index in [0.717, 1.165) is 18.9 Å². The van der Waals surface area contributed by atoms with Crippen LogP contribution in [0.25, 0.3) is 0 Å². The van der Waals surface area contributed by atoms with Crippen LogP contribution in [-0.4, -0.2) is 54.7 Å². The highest BCUT2D eigenvalue weighted by molar-refractivity contribution is 6.30. The molecule has 2 aliphatic rings. The summed E-state index contributed by atoms with van der Waals surface area (Å²) in [6.07, 6.45) is 7.15. The molecule has 1 atom stereocenters. The van der Waals surface area contributed by atoms with Crippen LogP contribution in [0.15, 0.2) is 61.2 Å². The first kappa shape index (κ1) is 27.5. The number of hydrogen-bond acceptors (Lipinski definition) is 7. The Labute approximate surface area is 244 Å². The highest BCUT2D eigenvalue weighted by atomic mass is 35.5. The number of hydrogen-bond donors (Lipinski definition) is 1. The molecule has 1 unspecified atom stereocenters. The van der Waals surface area contributed by atoms with Gasteiger partial charge in [-0.2, -0.15) is 5.10 Å². The van der Waals surface area contributed by atoms with Crippen molar-refractivity contribution >= 4 is 34.9 Å². The minimum Gasteiger partial charge on any atom is -0.396 e. The fourth-order valence-electron chi connectivity index (χ4n) is 5.12. The van der Waals surface area contributed by atoms with Gasteiger partial charge >= 0.3 is 0 Å². The molecule has 1 amide bonds. The van der Waals surface area contributed by atoms with Gasteiger partial charge in [0, 0.05) is 47.2 Å². The molecule has 1 aliphatic heterocycles. The number of ether oxygens (including phenoxy) is 1. The number of nitrogens with zero attached hydrogens (tertiary/aromatic N) is 5. The fraction of sp³-hybridized carbons (Fsp3) is 0.276. The van der Waals surface area contributed by atoms with Crippen molar-refractivity contribution in [1.82, 2.24) is 24.6 Å². The Kier molecular flexibility index (Phi) is 6.89. The van der Waals surface area contributed by atoms with E-state index >= 15 is 4.39 Å². The van der Waals surface area contributed by atoms with Crippen molar-refractivity contribution in [1.29, 1.82) is 0 Å². The molecule has 0 bridgehead atoms. The molecule has 41 heavy (non-hydrogen) atoms. The summed E-state index contributed by atoms with van der Waals surface area (Å²) in [5.41, 5.74) is -1.67. The molecule has 4 aromatic rings. The van der Waals surface area contributed by atoms with Gasteiger partial charge in [-0.1, -0.05) is 35.3 Å². The summed E-state index contributed by atoms with van der Waals surface area (Å²) in [5, 5.41) is 14.8. The summed E-state index contributed by atoms with van der Waals surface area (Å²) in [6.45, 7) is -0.233. The van der Waals surface area contributed by atoms with E-state index in [1.54, 1.807) is 31.3 Å². The third-order valence-corrected chi connectivity index (χ3v) is 8.05. The maximum atomic E-state index is 16.4. The van der Waals surface area contributed by atoms with Gasteiger partial charge in [-0.05, 0) is 37.1 Å². The lowest BCUT2D eigenvalue weighted by Gasteiger charge is -2.40. The van der Waals surface area contributed by atoms with Gasteiger partial charge in [0.05, 0.1) is 47.7 Å². The lowest BCUT2D eigenvalue weighted by molar-refractivity contribution is -0.131. The Morgan fingerprint density at radius 1 is 1.07 bits per heavy atom. The van der Waals surface area contributed by atoms with Gasteiger partial charge < -0.3 is 9.84 Å². The van der Waals surface area contributed by atoms with E-state index in [4.69, 9.17) is 27.9 Å². The van der Waals surface area contributed by atoms with E-state index in [1.807, 2.05) is 0 Å². The lowest BCUT2D eigenvalue weighted by Crippen LogP contribution is -2.48. The van der Waals surface area contributed by atoms with Crippen molar-refractivity contribution in [3.05, 3.63) is 111 Å². The summed E-state index contributed by atoms with van der Waals surface area (Å²) in [7, 11) is 1.66. The second kappa shape index (κ2) is 10.3. The molecule has 6 rings (SSSR count). The quantitative estimate of drug-likeness (QED) is 0.283. The van der Waals surface area contributed by atoms with Gasteiger partial charge in [-0.25, -0.2) is 14.4 Å². The number of aliphatic hydroxyl groups is 1. The maximum absolute atomic E-state index is 16.4. The number of ketones is 1. The molecule has 1 aliphatic carbocycles. The number of rotatable bonds is 9. The molecule has 1 saturated carbocycles. The van der Waals surface area contributed by atoms with Crippen LogP contribution in [0.3, 0.4) is 0 Å². The Bertz CT molecular complexity index is 1660. The number of aryl methyl sites for hydroxylation is 1. The van der Waals surface area contributed by atoms with Gasteiger partial charge in [0.2, 0.25) is 0 Å². The van der Waals surface area contributed by atoms with E-state index in [0.29, 0.717) is 15.6 Å². The minimum atomic E-state index is -1.77. The molecular weight excluding hydrogens is 572 g/mol. The number of benzene rings is 2. The zero-order chi connectivity index (χ0) is 28.9. The van der Waals surface area contributed by atoms with E-state index in [9.17, 15) is 14.7 Å². The average Bonchev–Trinajstić information content (AvgIpc) is 3.56. The van der Waals surface area contributed by atoms with Gasteiger partial charge in [-0.15, -0.1) is 0 Å².